The van der Waals surface area contributed by atoms with E-state index in [9.17, 15) is 4.79 Å². The summed E-state index contributed by atoms with van der Waals surface area (Å²) in [6, 6.07) is 5.93. The van der Waals surface area contributed by atoms with Crippen molar-refractivity contribution in [2.24, 2.45) is 0 Å². The first-order valence-electron chi connectivity index (χ1n) is 8.93. The SMILES string of the molecule is CCc1cc(C)cc(C[Si](C)(C)C)c1C(=O)N(C(C)C)C(C)C. The molecule has 0 aliphatic heterocycles. The fourth-order valence-corrected chi connectivity index (χ4v) is 4.82. The molecule has 0 N–H and O–H groups in total. The summed E-state index contributed by atoms with van der Waals surface area (Å²) in [5.74, 6) is 0.208. The number of nitrogens with zero attached hydrogens (tertiary/aromatic N) is 1. The lowest BCUT2D eigenvalue weighted by molar-refractivity contribution is 0.0641. The van der Waals surface area contributed by atoms with E-state index < -0.39 is 8.07 Å². The third-order valence-electron chi connectivity index (χ3n) is 4.11. The molecular formula is C20H35NOSi. The van der Waals surface area contributed by atoms with Crippen LogP contribution in [0.2, 0.25) is 19.6 Å². The van der Waals surface area contributed by atoms with Gasteiger partial charge >= 0.3 is 0 Å². The Bertz CT molecular complexity index is 547. The molecule has 130 valence electrons. The summed E-state index contributed by atoms with van der Waals surface area (Å²) in [6.07, 6.45) is 0.908. The van der Waals surface area contributed by atoms with Crippen molar-refractivity contribution >= 4 is 14.0 Å². The molecule has 0 aliphatic carbocycles. The van der Waals surface area contributed by atoms with E-state index in [1.54, 1.807) is 0 Å². The molecule has 0 bridgehead atoms. The van der Waals surface area contributed by atoms with Crippen molar-refractivity contribution in [2.45, 2.75) is 85.7 Å². The summed E-state index contributed by atoms with van der Waals surface area (Å²) >= 11 is 0. The first-order valence-corrected chi connectivity index (χ1v) is 12.6. The summed E-state index contributed by atoms with van der Waals surface area (Å²) in [4.78, 5) is 15.4. The number of amides is 1. The maximum absolute atomic E-state index is 13.4. The van der Waals surface area contributed by atoms with Gasteiger partial charge < -0.3 is 4.90 Å². The van der Waals surface area contributed by atoms with Gasteiger partial charge in [-0.3, -0.25) is 4.79 Å². The largest absolute Gasteiger partial charge is 0.334 e. The van der Waals surface area contributed by atoms with Gasteiger partial charge in [0.2, 0.25) is 0 Å². The van der Waals surface area contributed by atoms with Crippen LogP contribution in [0.5, 0.6) is 0 Å². The molecule has 0 aromatic heterocycles. The van der Waals surface area contributed by atoms with E-state index >= 15 is 0 Å². The zero-order valence-electron chi connectivity index (χ0n) is 16.6. The van der Waals surface area contributed by atoms with Crippen LogP contribution in [0.3, 0.4) is 0 Å². The lowest BCUT2D eigenvalue weighted by Gasteiger charge is -2.33. The van der Waals surface area contributed by atoms with Gasteiger partial charge in [-0.15, -0.1) is 0 Å². The van der Waals surface area contributed by atoms with Crippen LogP contribution in [0.1, 0.15) is 61.7 Å². The summed E-state index contributed by atoms with van der Waals surface area (Å²) in [7, 11) is -1.29. The molecular weight excluding hydrogens is 298 g/mol. The van der Waals surface area contributed by atoms with Crippen LogP contribution < -0.4 is 0 Å². The number of rotatable bonds is 6. The average molecular weight is 334 g/mol. The molecule has 1 aromatic carbocycles. The van der Waals surface area contributed by atoms with Crippen molar-refractivity contribution < 1.29 is 4.79 Å². The Hall–Kier alpha value is -1.09. The lowest BCUT2D eigenvalue weighted by Crippen LogP contribution is -2.43. The predicted molar refractivity (Wildman–Crippen MR) is 104 cm³/mol. The van der Waals surface area contributed by atoms with Crippen molar-refractivity contribution in [1.82, 2.24) is 4.90 Å². The molecule has 0 heterocycles. The van der Waals surface area contributed by atoms with Crippen LogP contribution in [0.15, 0.2) is 12.1 Å². The lowest BCUT2D eigenvalue weighted by atomic mass is 9.95. The molecule has 0 aliphatic rings. The van der Waals surface area contributed by atoms with Gasteiger partial charge in [-0.05, 0) is 58.2 Å². The fraction of sp³-hybridized carbons (Fsp3) is 0.650. The summed E-state index contributed by atoms with van der Waals surface area (Å²) in [5, 5.41) is 0. The van der Waals surface area contributed by atoms with Gasteiger partial charge in [0.25, 0.3) is 5.91 Å². The molecule has 0 saturated heterocycles. The topological polar surface area (TPSA) is 20.3 Å². The molecule has 23 heavy (non-hydrogen) atoms. The predicted octanol–water partition coefficient (Wildman–Crippen LogP) is 5.24. The normalized spacial score (nSPS) is 12.1. The maximum atomic E-state index is 13.4. The van der Waals surface area contributed by atoms with Crippen LogP contribution in [-0.2, 0) is 12.5 Å². The molecule has 0 saturated carbocycles. The molecule has 2 nitrogen and oxygen atoms in total. The van der Waals surface area contributed by atoms with Gasteiger partial charge in [-0.1, -0.05) is 44.3 Å². The Morgan fingerprint density at radius 2 is 1.52 bits per heavy atom. The second kappa shape index (κ2) is 7.65. The average Bonchev–Trinajstić information content (AvgIpc) is 2.34. The molecule has 1 amide bonds. The number of carbonyl (C=O) groups is 1. The Balaban J connectivity index is 3.50. The summed E-state index contributed by atoms with van der Waals surface area (Å²) in [5.41, 5.74) is 4.71. The van der Waals surface area contributed by atoms with Gasteiger partial charge in [-0.2, -0.15) is 0 Å². The van der Waals surface area contributed by atoms with Gasteiger partial charge in [0.15, 0.2) is 0 Å². The third kappa shape index (κ3) is 5.20. The van der Waals surface area contributed by atoms with Crippen molar-refractivity contribution in [3.05, 3.63) is 34.4 Å². The van der Waals surface area contributed by atoms with Crippen LogP contribution in [-0.4, -0.2) is 31.0 Å². The van der Waals surface area contributed by atoms with E-state index in [0.29, 0.717) is 0 Å². The number of aryl methyl sites for hydroxylation is 2. The molecule has 0 radical (unpaired) electrons. The molecule has 0 atom stereocenters. The number of hydrogen-bond donors (Lipinski definition) is 0. The second-order valence-corrected chi connectivity index (χ2v) is 13.9. The highest BCUT2D eigenvalue weighted by molar-refractivity contribution is 6.75. The smallest absolute Gasteiger partial charge is 0.254 e. The first-order chi connectivity index (χ1) is 10.5. The van der Waals surface area contributed by atoms with E-state index in [1.165, 1.54) is 16.7 Å². The maximum Gasteiger partial charge on any atom is 0.254 e. The minimum Gasteiger partial charge on any atom is -0.334 e. The van der Waals surface area contributed by atoms with Crippen LogP contribution in [0, 0.1) is 6.92 Å². The Morgan fingerprint density at radius 1 is 1.04 bits per heavy atom. The molecule has 0 fully saturated rings. The molecule has 1 rings (SSSR count). The zero-order valence-corrected chi connectivity index (χ0v) is 17.6. The van der Waals surface area contributed by atoms with Crippen LogP contribution in [0.4, 0.5) is 0 Å². The van der Waals surface area contributed by atoms with Crippen LogP contribution >= 0.6 is 0 Å². The molecule has 0 unspecified atom stereocenters. The molecule has 3 heteroatoms. The Labute approximate surface area is 144 Å². The minimum atomic E-state index is -1.29. The van der Waals surface area contributed by atoms with Crippen molar-refractivity contribution in [3.63, 3.8) is 0 Å². The van der Waals surface area contributed by atoms with E-state index in [2.05, 4.69) is 73.3 Å². The van der Waals surface area contributed by atoms with Gasteiger partial charge in [-0.25, -0.2) is 0 Å². The Morgan fingerprint density at radius 3 is 1.91 bits per heavy atom. The number of benzene rings is 1. The standard InChI is InChI=1S/C20H35NOSi/c1-10-17-11-16(6)12-18(13-23(7,8)9)19(17)20(22)21(14(2)3)15(4)5/h11-12,14-15H,10,13H2,1-9H3. The van der Waals surface area contributed by atoms with Crippen molar-refractivity contribution in [2.75, 3.05) is 0 Å². The van der Waals surface area contributed by atoms with E-state index in [4.69, 9.17) is 0 Å². The molecule has 0 spiro atoms. The van der Waals surface area contributed by atoms with Crippen molar-refractivity contribution in [3.8, 4) is 0 Å². The highest BCUT2D eigenvalue weighted by Crippen LogP contribution is 2.25. The van der Waals surface area contributed by atoms with Crippen LogP contribution in [0.25, 0.3) is 0 Å². The third-order valence-corrected chi connectivity index (χ3v) is 5.55. The van der Waals surface area contributed by atoms with E-state index in [-0.39, 0.29) is 18.0 Å². The van der Waals surface area contributed by atoms with Crippen molar-refractivity contribution in [1.29, 1.82) is 0 Å². The van der Waals surface area contributed by atoms with E-state index in [1.807, 2.05) is 4.90 Å². The monoisotopic (exact) mass is 333 g/mol. The van der Waals surface area contributed by atoms with Gasteiger partial charge in [0.05, 0.1) is 0 Å². The number of hydrogen-bond acceptors (Lipinski definition) is 1. The minimum absolute atomic E-state index is 0.208. The fourth-order valence-electron chi connectivity index (χ4n) is 3.40. The Kier molecular flexibility index (Phi) is 6.64. The second-order valence-electron chi connectivity index (χ2n) is 8.45. The zero-order chi connectivity index (χ0) is 17.9. The first kappa shape index (κ1) is 20.0. The highest BCUT2D eigenvalue weighted by Gasteiger charge is 2.27. The quantitative estimate of drug-likeness (QED) is 0.652. The number of carbonyl (C=O) groups excluding carboxylic acids is 1. The summed E-state index contributed by atoms with van der Waals surface area (Å²) in [6.45, 7) is 19.8. The van der Waals surface area contributed by atoms with Gasteiger partial charge in [0, 0.05) is 25.7 Å². The highest BCUT2D eigenvalue weighted by atomic mass is 28.3. The summed E-state index contributed by atoms with van der Waals surface area (Å²) < 4.78 is 0. The molecule has 1 aromatic rings. The van der Waals surface area contributed by atoms with Gasteiger partial charge in [0.1, 0.15) is 0 Å². The van der Waals surface area contributed by atoms with E-state index in [0.717, 1.165) is 18.0 Å².